The van der Waals surface area contributed by atoms with Crippen molar-refractivity contribution in [3.8, 4) is 0 Å². The Labute approximate surface area is 124 Å². The van der Waals surface area contributed by atoms with Gasteiger partial charge >= 0.3 is 0 Å². The van der Waals surface area contributed by atoms with E-state index in [4.69, 9.17) is 4.18 Å². The van der Waals surface area contributed by atoms with Crippen LogP contribution in [0.15, 0.2) is 0 Å². The maximum atomic E-state index is 10.9. The van der Waals surface area contributed by atoms with Gasteiger partial charge in [-0.05, 0) is 43.4 Å². The van der Waals surface area contributed by atoms with Crippen LogP contribution in [0, 0.1) is 17.8 Å². The van der Waals surface area contributed by atoms with Crippen molar-refractivity contribution in [3.63, 3.8) is 0 Å². The molecule has 2 rings (SSSR count). The van der Waals surface area contributed by atoms with Crippen LogP contribution in [0.2, 0.25) is 0 Å². The van der Waals surface area contributed by atoms with Crippen LogP contribution >= 0.6 is 0 Å². The number of hydrogen-bond donors (Lipinski definition) is 0. The molecule has 2 aliphatic carbocycles. The fourth-order valence-electron chi connectivity index (χ4n) is 4.14. The average molecular weight is 302 g/mol. The van der Waals surface area contributed by atoms with Crippen LogP contribution in [0.5, 0.6) is 0 Å². The van der Waals surface area contributed by atoms with Gasteiger partial charge in [0.05, 0.1) is 12.9 Å². The van der Waals surface area contributed by atoms with Crippen molar-refractivity contribution in [1.82, 2.24) is 0 Å². The van der Waals surface area contributed by atoms with Gasteiger partial charge in [0.1, 0.15) is 0 Å². The van der Waals surface area contributed by atoms with Gasteiger partial charge in [-0.1, -0.05) is 44.9 Å². The lowest BCUT2D eigenvalue weighted by Crippen LogP contribution is -2.23. The Kier molecular flexibility index (Phi) is 6.34. The molecule has 2 aliphatic rings. The summed E-state index contributed by atoms with van der Waals surface area (Å²) in [6.07, 6.45) is 15.9. The van der Waals surface area contributed by atoms with Gasteiger partial charge in [-0.3, -0.25) is 4.18 Å². The first-order chi connectivity index (χ1) is 9.54. The third-order valence-corrected chi connectivity index (χ3v) is 5.86. The molecule has 0 aromatic rings. The molecule has 2 fully saturated rings. The van der Waals surface area contributed by atoms with Crippen molar-refractivity contribution in [2.45, 2.75) is 70.6 Å². The van der Waals surface area contributed by atoms with Crippen LogP contribution in [0.1, 0.15) is 70.6 Å². The second-order valence-electron chi connectivity index (χ2n) is 6.85. The van der Waals surface area contributed by atoms with Gasteiger partial charge in [-0.15, -0.1) is 0 Å². The molecular weight excluding hydrogens is 272 g/mol. The van der Waals surface area contributed by atoms with Crippen molar-refractivity contribution < 1.29 is 12.6 Å². The summed E-state index contributed by atoms with van der Waals surface area (Å²) in [7, 11) is -3.25. The lowest BCUT2D eigenvalue weighted by atomic mass is 9.70. The van der Waals surface area contributed by atoms with Crippen LogP contribution in [0.3, 0.4) is 0 Å². The topological polar surface area (TPSA) is 43.4 Å². The highest BCUT2D eigenvalue weighted by atomic mass is 32.2. The molecule has 118 valence electrons. The Morgan fingerprint density at radius 2 is 1.50 bits per heavy atom. The van der Waals surface area contributed by atoms with E-state index < -0.39 is 10.1 Å². The normalized spacial score (nSPS) is 29.4. The minimum absolute atomic E-state index is 0.362. The molecule has 20 heavy (non-hydrogen) atoms. The molecule has 0 heterocycles. The van der Waals surface area contributed by atoms with Crippen LogP contribution in [0.25, 0.3) is 0 Å². The van der Waals surface area contributed by atoms with E-state index in [1.54, 1.807) is 0 Å². The molecule has 0 unspecified atom stereocenters. The molecule has 0 radical (unpaired) electrons. The second-order valence-corrected chi connectivity index (χ2v) is 8.49. The standard InChI is InChI=1S/C16H30O3S/c1-20(17,18)19-13-5-6-14-9-11-16(12-10-14)15-7-3-2-4-8-15/h14-16H,2-13H2,1H3. The molecule has 0 aromatic carbocycles. The molecule has 2 saturated carbocycles. The van der Waals surface area contributed by atoms with Gasteiger partial charge in [0, 0.05) is 0 Å². The van der Waals surface area contributed by atoms with Crippen molar-refractivity contribution in [1.29, 1.82) is 0 Å². The summed E-state index contributed by atoms with van der Waals surface area (Å²) in [5, 5.41) is 0. The maximum absolute atomic E-state index is 10.9. The molecule has 0 atom stereocenters. The lowest BCUT2D eigenvalue weighted by molar-refractivity contribution is 0.159. The van der Waals surface area contributed by atoms with Crippen LogP contribution in [-0.2, 0) is 14.3 Å². The highest BCUT2D eigenvalue weighted by Crippen LogP contribution is 2.40. The zero-order valence-electron chi connectivity index (χ0n) is 12.9. The Balaban J connectivity index is 1.59. The highest BCUT2D eigenvalue weighted by molar-refractivity contribution is 7.85. The third kappa shape index (κ3) is 5.72. The summed E-state index contributed by atoms with van der Waals surface area (Å²) in [6.45, 7) is 0.362. The molecule has 4 heteroatoms. The summed E-state index contributed by atoms with van der Waals surface area (Å²) in [5.41, 5.74) is 0. The van der Waals surface area contributed by atoms with Crippen LogP contribution < -0.4 is 0 Å². The minimum Gasteiger partial charge on any atom is -0.270 e. The summed E-state index contributed by atoms with van der Waals surface area (Å²) >= 11 is 0. The van der Waals surface area contributed by atoms with Crippen molar-refractivity contribution in [2.24, 2.45) is 17.8 Å². The third-order valence-electron chi connectivity index (χ3n) is 5.26. The monoisotopic (exact) mass is 302 g/mol. The summed E-state index contributed by atoms with van der Waals surface area (Å²) in [5.74, 6) is 2.80. The zero-order valence-corrected chi connectivity index (χ0v) is 13.7. The minimum atomic E-state index is -3.25. The van der Waals surface area contributed by atoms with Crippen molar-refractivity contribution >= 4 is 10.1 Å². The molecule has 3 nitrogen and oxygen atoms in total. The van der Waals surface area contributed by atoms with E-state index in [0.717, 1.165) is 36.9 Å². The fraction of sp³-hybridized carbons (Fsp3) is 1.00. The summed E-state index contributed by atoms with van der Waals surface area (Å²) < 4.78 is 26.6. The Morgan fingerprint density at radius 3 is 2.10 bits per heavy atom. The largest absolute Gasteiger partial charge is 0.270 e. The molecular formula is C16H30O3S. The van der Waals surface area contributed by atoms with E-state index in [-0.39, 0.29) is 0 Å². The smallest absolute Gasteiger partial charge is 0.264 e. The van der Waals surface area contributed by atoms with E-state index >= 15 is 0 Å². The molecule has 0 N–H and O–H groups in total. The Bertz CT molecular complexity index is 363. The van der Waals surface area contributed by atoms with Gasteiger partial charge in [0.2, 0.25) is 0 Å². The molecule has 0 amide bonds. The zero-order chi connectivity index (χ0) is 14.4. The molecule has 0 aliphatic heterocycles. The SMILES string of the molecule is CS(=O)(=O)OCCCC1CCC(C2CCCCC2)CC1. The lowest BCUT2D eigenvalue weighted by Gasteiger charge is -2.35. The van der Waals surface area contributed by atoms with Crippen LogP contribution in [-0.4, -0.2) is 21.3 Å². The maximum Gasteiger partial charge on any atom is 0.264 e. The fourth-order valence-corrected chi connectivity index (χ4v) is 4.56. The predicted octanol–water partition coefficient (Wildman–Crippen LogP) is 4.13. The Hall–Kier alpha value is -0.0900. The first kappa shape index (κ1) is 16.3. The molecule has 0 spiro atoms. The summed E-state index contributed by atoms with van der Waals surface area (Å²) in [4.78, 5) is 0. The van der Waals surface area contributed by atoms with E-state index in [0.29, 0.717) is 6.61 Å². The van der Waals surface area contributed by atoms with Crippen LogP contribution in [0.4, 0.5) is 0 Å². The van der Waals surface area contributed by atoms with Crippen molar-refractivity contribution in [2.75, 3.05) is 12.9 Å². The van der Waals surface area contributed by atoms with Gasteiger partial charge in [0.25, 0.3) is 10.1 Å². The molecule has 0 aromatic heterocycles. The molecule has 0 bridgehead atoms. The van der Waals surface area contributed by atoms with Gasteiger partial charge in [-0.2, -0.15) is 8.42 Å². The average Bonchev–Trinajstić information content (AvgIpc) is 2.44. The first-order valence-electron chi connectivity index (χ1n) is 8.39. The van der Waals surface area contributed by atoms with Crippen molar-refractivity contribution in [3.05, 3.63) is 0 Å². The van der Waals surface area contributed by atoms with Gasteiger partial charge < -0.3 is 0 Å². The quantitative estimate of drug-likeness (QED) is 0.547. The first-order valence-corrected chi connectivity index (χ1v) is 10.2. The van der Waals surface area contributed by atoms with Gasteiger partial charge in [0.15, 0.2) is 0 Å². The number of hydrogen-bond acceptors (Lipinski definition) is 3. The Morgan fingerprint density at radius 1 is 0.900 bits per heavy atom. The van der Waals surface area contributed by atoms with Gasteiger partial charge in [-0.25, -0.2) is 0 Å². The van der Waals surface area contributed by atoms with E-state index in [1.165, 1.54) is 57.8 Å². The highest BCUT2D eigenvalue weighted by Gasteiger charge is 2.28. The van der Waals surface area contributed by atoms with E-state index in [2.05, 4.69) is 0 Å². The predicted molar refractivity (Wildman–Crippen MR) is 82.1 cm³/mol. The van der Waals surface area contributed by atoms with E-state index in [1.807, 2.05) is 0 Å². The second kappa shape index (κ2) is 7.79. The summed E-state index contributed by atoms with van der Waals surface area (Å²) in [6, 6.07) is 0. The van der Waals surface area contributed by atoms with E-state index in [9.17, 15) is 8.42 Å². The number of rotatable bonds is 6. The molecule has 0 saturated heterocycles.